The first-order chi connectivity index (χ1) is 14.2. The Labute approximate surface area is 191 Å². The average molecular weight is 556 g/mol. The van der Waals surface area contributed by atoms with Crippen LogP contribution in [0.5, 0.6) is 5.75 Å². The van der Waals surface area contributed by atoms with Crippen molar-refractivity contribution in [2.45, 2.75) is 0 Å². The highest BCUT2D eigenvalue weighted by atomic mass is 79.9. The molecule has 154 valence electrons. The number of non-ortho nitro benzene ring substituents is 1. The van der Waals surface area contributed by atoms with Gasteiger partial charge < -0.3 is 4.74 Å². The Morgan fingerprint density at radius 1 is 1.23 bits per heavy atom. The van der Waals surface area contributed by atoms with Crippen molar-refractivity contribution in [1.29, 1.82) is 0 Å². The Kier molecular flexibility index (Phi) is 6.74. The molecule has 0 radical (unpaired) electrons. The molecule has 2 aromatic rings. The maximum absolute atomic E-state index is 12.7. The fourth-order valence-electron chi connectivity index (χ4n) is 2.68. The number of rotatable bonds is 6. The van der Waals surface area contributed by atoms with Gasteiger partial charge in [-0.2, -0.15) is 0 Å². The van der Waals surface area contributed by atoms with Crippen LogP contribution in [0.3, 0.4) is 0 Å². The summed E-state index contributed by atoms with van der Waals surface area (Å²) < 4.78 is 6.76. The van der Waals surface area contributed by atoms with Crippen LogP contribution in [0.25, 0.3) is 6.08 Å². The molecule has 0 bridgehead atoms. The van der Waals surface area contributed by atoms with Gasteiger partial charge in [-0.15, -0.1) is 0 Å². The van der Waals surface area contributed by atoms with E-state index in [0.29, 0.717) is 15.8 Å². The number of Topliss-reactive ketones (excluding diaryl/α,β-unsaturated/α-hetero) is 1. The summed E-state index contributed by atoms with van der Waals surface area (Å²) in [4.78, 5) is 48.6. The first-order valence-corrected chi connectivity index (χ1v) is 10.7. The van der Waals surface area contributed by atoms with E-state index in [1.165, 1.54) is 37.5 Å². The van der Waals surface area contributed by atoms with Crippen LogP contribution in [0.4, 0.5) is 10.5 Å². The molecule has 2 amide bonds. The van der Waals surface area contributed by atoms with Gasteiger partial charge in [0.15, 0.2) is 5.78 Å². The van der Waals surface area contributed by atoms with Crippen molar-refractivity contribution in [3.05, 3.63) is 71.5 Å². The molecule has 1 aliphatic heterocycles. The summed E-state index contributed by atoms with van der Waals surface area (Å²) in [5, 5.41) is 10.1. The highest BCUT2D eigenvalue weighted by Gasteiger charge is 2.36. The van der Waals surface area contributed by atoms with Gasteiger partial charge in [0.2, 0.25) is 0 Å². The van der Waals surface area contributed by atoms with Gasteiger partial charge in [-0.1, -0.05) is 15.9 Å². The number of carbonyl (C=O) groups is 3. The van der Waals surface area contributed by atoms with Gasteiger partial charge >= 0.3 is 0 Å². The molecule has 0 spiro atoms. The largest absolute Gasteiger partial charge is 0.495 e. The highest BCUT2D eigenvalue weighted by Crippen LogP contribution is 2.38. The number of benzene rings is 2. The minimum Gasteiger partial charge on any atom is -0.495 e. The van der Waals surface area contributed by atoms with Crippen molar-refractivity contribution in [2.75, 3.05) is 13.7 Å². The van der Waals surface area contributed by atoms with Gasteiger partial charge in [0.05, 0.1) is 28.0 Å². The molecule has 0 aromatic heterocycles. The number of amides is 2. The molecule has 3 rings (SSSR count). The van der Waals surface area contributed by atoms with Crippen molar-refractivity contribution in [3.8, 4) is 5.75 Å². The molecule has 1 fully saturated rings. The quantitative estimate of drug-likeness (QED) is 0.212. The van der Waals surface area contributed by atoms with Gasteiger partial charge in [-0.3, -0.25) is 29.4 Å². The fraction of sp³-hybridized carbons (Fsp3) is 0.105. The molecule has 0 atom stereocenters. The lowest BCUT2D eigenvalue weighted by molar-refractivity contribution is -0.384. The third kappa shape index (κ3) is 4.63. The normalized spacial score (nSPS) is 15.0. The van der Waals surface area contributed by atoms with Crippen molar-refractivity contribution in [2.24, 2.45) is 0 Å². The van der Waals surface area contributed by atoms with Crippen LogP contribution in [0.2, 0.25) is 0 Å². The predicted molar refractivity (Wildman–Crippen MR) is 118 cm³/mol. The number of nitro benzene ring substituents is 1. The van der Waals surface area contributed by atoms with E-state index in [1.54, 1.807) is 12.1 Å². The maximum Gasteiger partial charge on any atom is 0.293 e. The predicted octanol–water partition coefficient (Wildman–Crippen LogP) is 5.05. The summed E-state index contributed by atoms with van der Waals surface area (Å²) in [7, 11) is 1.49. The van der Waals surface area contributed by atoms with E-state index in [9.17, 15) is 24.5 Å². The lowest BCUT2D eigenvalue weighted by atomic mass is 10.1. The molecule has 0 saturated carbocycles. The molecular formula is C19H12Br2N2O6S. The van der Waals surface area contributed by atoms with E-state index >= 15 is 0 Å². The molecule has 1 saturated heterocycles. The second-order valence-electron chi connectivity index (χ2n) is 6.01. The smallest absolute Gasteiger partial charge is 0.293 e. The summed E-state index contributed by atoms with van der Waals surface area (Å²) in [6.07, 6.45) is 1.52. The Bertz CT molecular complexity index is 1100. The van der Waals surface area contributed by atoms with Crippen LogP contribution >= 0.6 is 43.6 Å². The van der Waals surface area contributed by atoms with Gasteiger partial charge in [-0.05, 0) is 58.0 Å². The minimum absolute atomic E-state index is 0.153. The van der Waals surface area contributed by atoms with Crippen LogP contribution in [-0.2, 0) is 4.79 Å². The summed E-state index contributed by atoms with van der Waals surface area (Å²) in [5.41, 5.74) is 0.585. The first kappa shape index (κ1) is 22.2. The second-order valence-corrected chi connectivity index (χ2v) is 8.77. The zero-order valence-electron chi connectivity index (χ0n) is 15.3. The fourth-order valence-corrected chi connectivity index (χ4v) is 4.93. The van der Waals surface area contributed by atoms with Crippen molar-refractivity contribution in [1.82, 2.24) is 4.90 Å². The number of hydrogen-bond acceptors (Lipinski definition) is 7. The first-order valence-electron chi connectivity index (χ1n) is 8.27. The number of methoxy groups -OCH3 is 1. The summed E-state index contributed by atoms with van der Waals surface area (Å²) in [6.45, 7) is -0.459. The lowest BCUT2D eigenvalue weighted by Gasteiger charge is -2.11. The van der Waals surface area contributed by atoms with E-state index in [0.717, 1.165) is 21.1 Å². The lowest BCUT2D eigenvalue weighted by Crippen LogP contribution is -2.33. The Balaban J connectivity index is 1.82. The van der Waals surface area contributed by atoms with Crippen molar-refractivity contribution >= 4 is 72.3 Å². The van der Waals surface area contributed by atoms with Crippen molar-refractivity contribution < 1.29 is 24.0 Å². The molecule has 8 nitrogen and oxygen atoms in total. The molecule has 0 aliphatic carbocycles. The highest BCUT2D eigenvalue weighted by molar-refractivity contribution is 9.11. The molecule has 0 unspecified atom stereocenters. The molecule has 0 N–H and O–H groups in total. The number of halogens is 2. The number of ether oxygens (including phenoxy) is 1. The van der Waals surface area contributed by atoms with Crippen LogP contribution in [-0.4, -0.2) is 40.4 Å². The summed E-state index contributed by atoms with van der Waals surface area (Å²) in [6, 6.07) is 8.49. The Morgan fingerprint density at radius 2 is 1.90 bits per heavy atom. The Hall–Kier alpha value is -2.50. The minimum atomic E-state index is -0.599. The zero-order chi connectivity index (χ0) is 22.0. The topological polar surface area (TPSA) is 107 Å². The molecule has 1 heterocycles. The van der Waals surface area contributed by atoms with Gasteiger partial charge in [0.1, 0.15) is 5.75 Å². The van der Waals surface area contributed by atoms with Gasteiger partial charge in [0.25, 0.3) is 16.8 Å². The van der Waals surface area contributed by atoms with Crippen LogP contribution in [0.15, 0.2) is 50.2 Å². The molecule has 2 aromatic carbocycles. The molecule has 11 heteroatoms. The molecule has 30 heavy (non-hydrogen) atoms. The standard InChI is InChI=1S/C19H12Br2N2O6S/c1-29-17-11(6-12(20)8-14(17)21)7-16-18(25)22(19(26)30-16)9-15(24)10-2-4-13(5-3-10)23(27)28/h2-8H,9H2,1H3/b16-7+. The number of ketones is 1. The van der Waals surface area contributed by atoms with E-state index in [-0.39, 0.29) is 16.2 Å². The average Bonchev–Trinajstić information content (AvgIpc) is 2.95. The van der Waals surface area contributed by atoms with Gasteiger partial charge in [-0.25, -0.2) is 0 Å². The van der Waals surface area contributed by atoms with Crippen molar-refractivity contribution in [3.63, 3.8) is 0 Å². The number of carbonyl (C=O) groups excluding carboxylic acids is 3. The summed E-state index contributed by atoms with van der Waals surface area (Å²) in [5.74, 6) is -0.610. The SMILES string of the molecule is COc1c(Br)cc(Br)cc1/C=C1/SC(=O)N(CC(=O)c2ccc([N+](=O)[O-])cc2)C1=O. The van der Waals surface area contributed by atoms with E-state index in [4.69, 9.17) is 4.74 Å². The Morgan fingerprint density at radius 3 is 2.50 bits per heavy atom. The van der Waals surface area contributed by atoms with Crippen LogP contribution in [0, 0.1) is 10.1 Å². The maximum atomic E-state index is 12.7. The third-order valence-electron chi connectivity index (χ3n) is 4.10. The van der Waals surface area contributed by atoms with E-state index in [2.05, 4.69) is 31.9 Å². The zero-order valence-corrected chi connectivity index (χ0v) is 19.2. The monoisotopic (exact) mass is 554 g/mol. The number of nitro groups is 1. The van der Waals surface area contributed by atoms with E-state index in [1.807, 2.05) is 0 Å². The number of thioether (sulfide) groups is 1. The van der Waals surface area contributed by atoms with Gasteiger partial charge in [0, 0.05) is 27.7 Å². The number of hydrogen-bond donors (Lipinski definition) is 0. The number of nitrogens with zero attached hydrogens (tertiary/aromatic N) is 2. The van der Waals surface area contributed by atoms with E-state index < -0.39 is 28.4 Å². The second kappa shape index (κ2) is 9.11. The van der Waals surface area contributed by atoms with Crippen LogP contribution < -0.4 is 4.74 Å². The summed E-state index contributed by atoms with van der Waals surface area (Å²) >= 11 is 7.47. The molecule has 1 aliphatic rings. The number of imide groups is 1. The third-order valence-corrected chi connectivity index (χ3v) is 6.06. The van der Waals surface area contributed by atoms with Crippen LogP contribution in [0.1, 0.15) is 15.9 Å². The molecular weight excluding hydrogens is 544 g/mol.